The van der Waals surface area contributed by atoms with Crippen LogP contribution in [0.2, 0.25) is 4.82 Å². The molecule has 2 unspecified atom stereocenters. The average Bonchev–Trinajstić information content (AvgIpc) is 2.73. The normalized spacial score (nSPS) is 23.2. The van der Waals surface area contributed by atoms with Gasteiger partial charge in [0.2, 0.25) is 0 Å². The molecule has 1 fully saturated rings. The van der Waals surface area contributed by atoms with Crippen molar-refractivity contribution in [2.24, 2.45) is 5.92 Å². The molecule has 0 radical (unpaired) electrons. The molecule has 1 aromatic carbocycles. The van der Waals surface area contributed by atoms with Crippen LogP contribution < -0.4 is 4.46 Å². The third-order valence-electron chi connectivity index (χ3n) is 3.50. The van der Waals surface area contributed by atoms with E-state index in [0.717, 1.165) is 19.3 Å². The third-order valence-corrected chi connectivity index (χ3v) is 6.53. The quantitative estimate of drug-likeness (QED) is 0.448. The van der Waals surface area contributed by atoms with Gasteiger partial charge in [0, 0.05) is 0 Å². The molecule has 0 aromatic heterocycles. The summed E-state index contributed by atoms with van der Waals surface area (Å²) in [6.07, 6.45) is 7.34. The molecule has 18 heavy (non-hydrogen) atoms. The number of unbranched alkanes of at least 4 members (excludes halogenated alkanes) is 1. The fourth-order valence-electron chi connectivity index (χ4n) is 2.51. The van der Waals surface area contributed by atoms with Crippen molar-refractivity contribution in [2.45, 2.75) is 36.9 Å². The van der Waals surface area contributed by atoms with Crippen LogP contribution in [0.25, 0.3) is 0 Å². The van der Waals surface area contributed by atoms with Gasteiger partial charge in [0.15, 0.2) is 0 Å². The van der Waals surface area contributed by atoms with E-state index in [2.05, 4.69) is 30.8 Å². The number of hydrogen-bond acceptors (Lipinski definition) is 1. The maximum atomic E-state index is 12.0. The molecule has 0 amide bonds. The van der Waals surface area contributed by atoms with Crippen LogP contribution in [-0.4, -0.2) is 20.7 Å². The summed E-state index contributed by atoms with van der Waals surface area (Å²) in [7, 11) is 0. The van der Waals surface area contributed by atoms with Gasteiger partial charge in [0.25, 0.3) is 0 Å². The zero-order valence-electron chi connectivity index (χ0n) is 10.7. The van der Waals surface area contributed by atoms with E-state index in [1.807, 2.05) is 12.1 Å². The molecule has 0 spiro atoms. The van der Waals surface area contributed by atoms with E-state index in [-0.39, 0.29) is 0 Å². The van der Waals surface area contributed by atoms with Gasteiger partial charge < -0.3 is 0 Å². The van der Waals surface area contributed by atoms with Crippen molar-refractivity contribution >= 4 is 25.2 Å². The van der Waals surface area contributed by atoms with Gasteiger partial charge in [0.1, 0.15) is 0 Å². The number of benzene rings is 1. The summed E-state index contributed by atoms with van der Waals surface area (Å²) in [5.41, 5.74) is 0. The Balaban J connectivity index is 1.95. The molecule has 0 bridgehead atoms. The van der Waals surface area contributed by atoms with Gasteiger partial charge >= 0.3 is 116 Å². The fraction of sp³-hybridized carbons (Fsp3) is 0.438. The molecule has 1 saturated carbocycles. The molecular formula is C16H20OSe. The minimum atomic E-state index is 0.313. The Morgan fingerprint density at radius 3 is 2.83 bits per heavy atom. The van der Waals surface area contributed by atoms with E-state index in [9.17, 15) is 4.79 Å². The van der Waals surface area contributed by atoms with Crippen molar-refractivity contribution in [1.82, 2.24) is 0 Å². The second-order valence-corrected chi connectivity index (χ2v) is 7.39. The van der Waals surface area contributed by atoms with Crippen LogP contribution in [0.3, 0.4) is 0 Å². The number of allylic oxidation sites excluding steroid dienone is 1. The van der Waals surface area contributed by atoms with Gasteiger partial charge in [0.05, 0.1) is 0 Å². The first kappa shape index (κ1) is 13.6. The topological polar surface area (TPSA) is 17.1 Å². The second-order valence-electron chi connectivity index (χ2n) is 4.84. The molecule has 0 aliphatic heterocycles. The number of rotatable bonds is 6. The Morgan fingerprint density at radius 2 is 2.11 bits per heavy atom. The van der Waals surface area contributed by atoms with E-state index < -0.39 is 0 Å². The summed E-state index contributed by atoms with van der Waals surface area (Å²) in [4.78, 5) is 12.3. The molecule has 0 saturated heterocycles. The van der Waals surface area contributed by atoms with Crippen LogP contribution in [0, 0.1) is 5.92 Å². The molecule has 2 atom stereocenters. The van der Waals surface area contributed by atoms with Crippen LogP contribution >= 0.6 is 0 Å². The van der Waals surface area contributed by atoms with Crippen LogP contribution in [0.1, 0.15) is 32.1 Å². The van der Waals surface area contributed by atoms with Crippen LogP contribution in [0.5, 0.6) is 0 Å². The Bertz CT molecular complexity index is 399. The third kappa shape index (κ3) is 3.57. The second kappa shape index (κ2) is 6.92. The Labute approximate surface area is 116 Å². The monoisotopic (exact) mass is 308 g/mol. The first-order chi connectivity index (χ1) is 8.81. The van der Waals surface area contributed by atoms with E-state index in [0.29, 0.717) is 31.5 Å². The van der Waals surface area contributed by atoms with E-state index in [1.165, 1.54) is 17.3 Å². The number of carbonyl (C=O) groups excluding carboxylic acids is 1. The van der Waals surface area contributed by atoms with Crippen molar-refractivity contribution in [3.8, 4) is 0 Å². The fourth-order valence-corrected chi connectivity index (χ4v) is 5.28. The Kier molecular flexibility index (Phi) is 5.22. The van der Waals surface area contributed by atoms with E-state index in [1.54, 1.807) is 0 Å². The molecule has 0 N–H and O–H groups in total. The van der Waals surface area contributed by atoms with Gasteiger partial charge in [-0.2, -0.15) is 0 Å². The van der Waals surface area contributed by atoms with E-state index in [4.69, 9.17) is 0 Å². The van der Waals surface area contributed by atoms with Crippen LogP contribution in [-0.2, 0) is 4.79 Å². The number of carbonyl (C=O) groups is 1. The Morgan fingerprint density at radius 1 is 1.33 bits per heavy atom. The average molecular weight is 307 g/mol. The summed E-state index contributed by atoms with van der Waals surface area (Å²) in [5.74, 6) is 1.13. The summed E-state index contributed by atoms with van der Waals surface area (Å²) < 4.78 is 1.36. The summed E-state index contributed by atoms with van der Waals surface area (Å²) in [5, 5.41) is 0. The number of Topliss-reactive ketones (excluding diaryl/α,β-unsaturated/α-hetero) is 1. The Hall–Kier alpha value is -0.851. The van der Waals surface area contributed by atoms with E-state index >= 15 is 0 Å². The minimum absolute atomic E-state index is 0.313. The first-order valence-electron chi connectivity index (χ1n) is 6.66. The van der Waals surface area contributed by atoms with Gasteiger partial charge in [-0.3, -0.25) is 0 Å². The molecule has 1 aromatic rings. The molecule has 96 valence electrons. The van der Waals surface area contributed by atoms with Crippen molar-refractivity contribution in [3.63, 3.8) is 0 Å². The van der Waals surface area contributed by atoms with Crippen molar-refractivity contribution in [2.75, 3.05) is 0 Å². The SMILES string of the molecule is C=CCCCC1CCC(=O)C1[Se]c1ccccc1. The van der Waals surface area contributed by atoms with Crippen molar-refractivity contribution in [3.05, 3.63) is 43.0 Å². The molecule has 1 aliphatic rings. The summed E-state index contributed by atoms with van der Waals surface area (Å²) in [6, 6.07) is 10.5. The molecular weight excluding hydrogens is 287 g/mol. The molecule has 1 nitrogen and oxygen atoms in total. The van der Waals surface area contributed by atoms with Gasteiger partial charge in [-0.05, 0) is 0 Å². The summed E-state index contributed by atoms with van der Waals surface area (Å²) >= 11 is 0.313. The van der Waals surface area contributed by atoms with Gasteiger partial charge in [-0.15, -0.1) is 0 Å². The molecule has 1 aliphatic carbocycles. The van der Waals surface area contributed by atoms with Gasteiger partial charge in [-0.1, -0.05) is 0 Å². The molecule has 2 heteroatoms. The zero-order valence-corrected chi connectivity index (χ0v) is 12.4. The molecule has 0 heterocycles. The predicted molar refractivity (Wildman–Crippen MR) is 77.4 cm³/mol. The predicted octanol–water partition coefficient (Wildman–Crippen LogP) is 3.14. The van der Waals surface area contributed by atoms with Crippen molar-refractivity contribution in [1.29, 1.82) is 0 Å². The standard InChI is InChI=1S/C16H20OSe/c1-2-3-5-8-13-11-12-15(17)16(13)18-14-9-6-4-7-10-14/h2,4,6-7,9-10,13,16H,1,3,5,8,11-12H2. The summed E-state index contributed by atoms with van der Waals surface area (Å²) in [6.45, 7) is 3.76. The van der Waals surface area contributed by atoms with Gasteiger partial charge in [-0.25, -0.2) is 0 Å². The molecule has 2 rings (SSSR count). The van der Waals surface area contributed by atoms with Crippen LogP contribution in [0.4, 0.5) is 0 Å². The first-order valence-corrected chi connectivity index (χ1v) is 8.51. The van der Waals surface area contributed by atoms with Crippen LogP contribution in [0.15, 0.2) is 43.0 Å². The zero-order chi connectivity index (χ0) is 12.8. The number of ketones is 1. The van der Waals surface area contributed by atoms with Crippen molar-refractivity contribution < 1.29 is 4.79 Å². The number of hydrogen-bond donors (Lipinski definition) is 0. The maximum absolute atomic E-state index is 12.0.